The van der Waals surface area contributed by atoms with E-state index in [1.807, 2.05) is 19.1 Å². The zero-order valence-corrected chi connectivity index (χ0v) is 17.0. The molecule has 0 aliphatic rings. The fraction of sp³-hybridized carbons (Fsp3) is 0.0476. The molecule has 7 heteroatoms. The van der Waals surface area contributed by atoms with Gasteiger partial charge in [-0.25, -0.2) is 4.98 Å². The molecule has 0 unspecified atom stereocenters. The van der Waals surface area contributed by atoms with Crippen LogP contribution in [0.4, 0.5) is 5.69 Å². The Hall–Kier alpha value is -2.53. The summed E-state index contributed by atoms with van der Waals surface area (Å²) in [5.41, 5.74) is 4.32. The number of hydrogen-bond donors (Lipinski definition) is 2. The Bertz CT molecular complexity index is 1220. The van der Waals surface area contributed by atoms with Crippen LogP contribution in [0, 0.1) is 6.92 Å². The molecule has 0 fully saturated rings. The number of fused-ring (bicyclic) bond motifs is 1. The maximum absolute atomic E-state index is 12.4. The number of nitrogens with one attached hydrogen (secondary N) is 2. The fourth-order valence-electron chi connectivity index (χ4n) is 2.83. The van der Waals surface area contributed by atoms with Gasteiger partial charge < -0.3 is 10.3 Å². The van der Waals surface area contributed by atoms with E-state index in [-0.39, 0.29) is 5.91 Å². The largest absolute Gasteiger partial charge is 0.338 e. The molecule has 1 aromatic heterocycles. The van der Waals surface area contributed by atoms with Crippen LogP contribution in [0.15, 0.2) is 54.6 Å². The van der Waals surface area contributed by atoms with Gasteiger partial charge >= 0.3 is 0 Å². The summed E-state index contributed by atoms with van der Waals surface area (Å²) in [5, 5.41) is 4.47. The maximum atomic E-state index is 12.4. The van der Waals surface area contributed by atoms with Crippen LogP contribution < -0.4 is 5.32 Å². The van der Waals surface area contributed by atoms with Gasteiger partial charge in [0.15, 0.2) is 0 Å². The predicted molar refractivity (Wildman–Crippen MR) is 116 cm³/mol. The van der Waals surface area contributed by atoms with Crippen molar-refractivity contribution < 1.29 is 4.79 Å². The normalized spacial score (nSPS) is 11.0. The Morgan fingerprint density at radius 1 is 0.964 bits per heavy atom. The van der Waals surface area contributed by atoms with E-state index in [9.17, 15) is 4.79 Å². The van der Waals surface area contributed by atoms with E-state index in [0.29, 0.717) is 32.1 Å². The number of amides is 1. The van der Waals surface area contributed by atoms with Crippen molar-refractivity contribution in [2.45, 2.75) is 6.92 Å². The van der Waals surface area contributed by atoms with Crippen LogP contribution in [0.2, 0.25) is 15.1 Å². The van der Waals surface area contributed by atoms with Crippen LogP contribution >= 0.6 is 34.8 Å². The van der Waals surface area contributed by atoms with Gasteiger partial charge in [-0.15, -0.1) is 0 Å². The van der Waals surface area contributed by atoms with Crippen molar-refractivity contribution in [1.82, 2.24) is 9.97 Å². The molecular formula is C21H14Cl3N3O. The summed E-state index contributed by atoms with van der Waals surface area (Å²) in [5.74, 6) is 0.370. The topological polar surface area (TPSA) is 57.8 Å². The van der Waals surface area contributed by atoms with Gasteiger partial charge in [-0.2, -0.15) is 0 Å². The zero-order valence-electron chi connectivity index (χ0n) is 14.7. The predicted octanol–water partition coefficient (Wildman–Crippen LogP) is 6.75. The van der Waals surface area contributed by atoms with Crippen molar-refractivity contribution >= 4 is 57.4 Å². The molecule has 1 amide bonds. The van der Waals surface area contributed by atoms with Crippen molar-refractivity contribution in [3.8, 4) is 11.4 Å². The number of carbonyl (C=O) groups is 1. The molecule has 1 heterocycles. The second-order valence-electron chi connectivity index (χ2n) is 6.36. The third kappa shape index (κ3) is 3.72. The Balaban J connectivity index is 1.60. The number of H-pyrrole nitrogens is 1. The first-order valence-corrected chi connectivity index (χ1v) is 9.57. The van der Waals surface area contributed by atoms with Gasteiger partial charge in [-0.1, -0.05) is 40.9 Å². The molecule has 3 aromatic carbocycles. The van der Waals surface area contributed by atoms with Crippen LogP contribution in [0.25, 0.3) is 22.4 Å². The summed E-state index contributed by atoms with van der Waals surface area (Å²) in [6.45, 7) is 1.88. The summed E-state index contributed by atoms with van der Waals surface area (Å²) in [7, 11) is 0. The second-order valence-corrected chi connectivity index (χ2v) is 7.61. The molecule has 4 nitrogen and oxygen atoms in total. The molecule has 0 saturated heterocycles. The Labute approximate surface area is 176 Å². The maximum Gasteiger partial charge on any atom is 0.255 e. The lowest BCUT2D eigenvalue weighted by Gasteiger charge is -2.08. The van der Waals surface area contributed by atoms with Crippen LogP contribution in [-0.2, 0) is 0 Å². The summed E-state index contributed by atoms with van der Waals surface area (Å²) >= 11 is 18.6. The quantitative estimate of drug-likeness (QED) is 0.377. The number of anilines is 1. The molecule has 0 saturated carbocycles. The summed E-state index contributed by atoms with van der Waals surface area (Å²) in [6, 6.07) is 15.9. The average Bonchev–Trinajstić information content (AvgIpc) is 3.06. The highest BCUT2D eigenvalue weighted by molar-refractivity contribution is 6.34. The molecule has 0 spiro atoms. The van der Waals surface area contributed by atoms with Crippen molar-refractivity contribution in [1.29, 1.82) is 0 Å². The third-order valence-corrected chi connectivity index (χ3v) is 5.32. The molecule has 28 heavy (non-hydrogen) atoms. The number of aromatic nitrogens is 2. The molecule has 140 valence electrons. The van der Waals surface area contributed by atoms with E-state index >= 15 is 0 Å². The van der Waals surface area contributed by atoms with E-state index in [0.717, 1.165) is 22.2 Å². The van der Waals surface area contributed by atoms with E-state index < -0.39 is 0 Å². The molecule has 0 aliphatic carbocycles. The highest BCUT2D eigenvalue weighted by Gasteiger charge is 2.12. The van der Waals surface area contributed by atoms with Crippen LogP contribution in [0.3, 0.4) is 0 Å². The molecule has 4 rings (SSSR count). The fourth-order valence-corrected chi connectivity index (χ4v) is 3.45. The Morgan fingerprint density at radius 2 is 1.79 bits per heavy atom. The van der Waals surface area contributed by atoms with Gasteiger partial charge in [-0.05, 0) is 61.0 Å². The SMILES string of the molecule is Cc1ccc(C(=O)Nc2ccc(-c3nc4ccc(Cl)cc4[nH]3)c(Cl)c2)cc1Cl. The van der Waals surface area contributed by atoms with Crippen LogP contribution in [-0.4, -0.2) is 15.9 Å². The van der Waals surface area contributed by atoms with Crippen molar-refractivity contribution in [3.63, 3.8) is 0 Å². The monoisotopic (exact) mass is 429 g/mol. The molecule has 0 bridgehead atoms. The second kappa shape index (κ2) is 7.47. The number of nitrogens with zero attached hydrogens (tertiary/aromatic N) is 1. The molecule has 4 aromatic rings. The molecular weight excluding hydrogens is 417 g/mol. The average molecular weight is 431 g/mol. The van der Waals surface area contributed by atoms with Gasteiger partial charge in [0.05, 0.1) is 16.1 Å². The number of carbonyl (C=O) groups excluding carboxylic acids is 1. The van der Waals surface area contributed by atoms with E-state index in [1.54, 1.807) is 42.5 Å². The standard InChI is InChI=1S/C21H14Cl3N3O/c1-11-2-3-12(8-16(11)23)21(28)25-14-5-6-15(17(24)10-14)20-26-18-7-4-13(22)9-19(18)27-20/h2-10H,1H3,(H,25,28)(H,26,27). The number of benzene rings is 3. The van der Waals surface area contributed by atoms with Gasteiger partial charge in [0, 0.05) is 26.9 Å². The van der Waals surface area contributed by atoms with Crippen LogP contribution in [0.5, 0.6) is 0 Å². The minimum absolute atomic E-state index is 0.260. The van der Waals surface area contributed by atoms with E-state index in [4.69, 9.17) is 34.8 Å². The molecule has 0 radical (unpaired) electrons. The third-order valence-electron chi connectivity index (χ3n) is 4.36. The first-order chi connectivity index (χ1) is 13.4. The lowest BCUT2D eigenvalue weighted by molar-refractivity contribution is 0.102. The number of aryl methyl sites for hydroxylation is 1. The minimum Gasteiger partial charge on any atom is -0.338 e. The summed E-state index contributed by atoms with van der Waals surface area (Å²) in [4.78, 5) is 20.2. The highest BCUT2D eigenvalue weighted by atomic mass is 35.5. The Morgan fingerprint density at radius 3 is 2.54 bits per heavy atom. The lowest BCUT2D eigenvalue weighted by Crippen LogP contribution is -2.12. The van der Waals surface area contributed by atoms with E-state index in [2.05, 4.69) is 15.3 Å². The number of aromatic amines is 1. The molecule has 0 aliphatic heterocycles. The number of imidazole rings is 1. The number of halogens is 3. The number of hydrogen-bond acceptors (Lipinski definition) is 2. The number of rotatable bonds is 3. The Kier molecular flexibility index (Phi) is 5.02. The smallest absolute Gasteiger partial charge is 0.255 e. The minimum atomic E-state index is -0.260. The summed E-state index contributed by atoms with van der Waals surface area (Å²) in [6.07, 6.45) is 0. The van der Waals surface area contributed by atoms with Crippen LogP contribution in [0.1, 0.15) is 15.9 Å². The van der Waals surface area contributed by atoms with Gasteiger partial charge in [0.2, 0.25) is 0 Å². The van der Waals surface area contributed by atoms with Crippen molar-refractivity contribution in [3.05, 3.63) is 80.8 Å². The van der Waals surface area contributed by atoms with Crippen molar-refractivity contribution in [2.75, 3.05) is 5.32 Å². The lowest BCUT2D eigenvalue weighted by atomic mass is 10.1. The van der Waals surface area contributed by atoms with Gasteiger partial charge in [-0.3, -0.25) is 4.79 Å². The van der Waals surface area contributed by atoms with E-state index in [1.165, 1.54) is 0 Å². The van der Waals surface area contributed by atoms with Crippen molar-refractivity contribution in [2.24, 2.45) is 0 Å². The van der Waals surface area contributed by atoms with Gasteiger partial charge in [0.1, 0.15) is 5.82 Å². The first-order valence-electron chi connectivity index (χ1n) is 8.43. The molecule has 2 N–H and O–H groups in total. The molecule has 0 atom stereocenters. The first kappa shape index (κ1) is 18.8. The highest BCUT2D eigenvalue weighted by Crippen LogP contribution is 2.31. The zero-order chi connectivity index (χ0) is 19.8. The van der Waals surface area contributed by atoms with Gasteiger partial charge in [0.25, 0.3) is 5.91 Å². The summed E-state index contributed by atoms with van der Waals surface area (Å²) < 4.78 is 0.